The molecule has 3 nitrogen and oxygen atoms in total. The molecule has 0 heterocycles. The Kier molecular flexibility index (Phi) is 4.04. The summed E-state index contributed by atoms with van der Waals surface area (Å²) in [6.07, 6.45) is 2.32. The Bertz CT molecular complexity index is 221. The summed E-state index contributed by atoms with van der Waals surface area (Å²) in [7, 11) is 1.09. The topological polar surface area (TPSA) is 43.4 Å². The molecule has 1 fully saturated rings. The van der Waals surface area contributed by atoms with Gasteiger partial charge in [0.2, 0.25) is 0 Å². The standard InChI is InChI=1S/C10H15FO3/c1-14-10(13)8(11)9(12)7-5-3-2-4-6-7/h7-8H,2-6H2,1H3. The van der Waals surface area contributed by atoms with Gasteiger partial charge in [-0.2, -0.15) is 0 Å². The molecular formula is C10H15FO3. The summed E-state index contributed by atoms with van der Waals surface area (Å²) in [5.41, 5.74) is 0. The Hall–Kier alpha value is -0.930. The van der Waals surface area contributed by atoms with Gasteiger partial charge in [0.25, 0.3) is 6.17 Å². The molecule has 1 unspecified atom stereocenters. The molecule has 80 valence electrons. The molecule has 0 spiro atoms. The monoisotopic (exact) mass is 202 g/mol. The van der Waals surface area contributed by atoms with Crippen molar-refractivity contribution in [2.75, 3.05) is 7.11 Å². The SMILES string of the molecule is COC(=O)C(F)C(=O)C1CCCCC1. The number of carbonyl (C=O) groups excluding carboxylic acids is 2. The van der Waals surface area contributed by atoms with E-state index in [0.29, 0.717) is 12.8 Å². The summed E-state index contributed by atoms with van der Waals surface area (Å²) in [6, 6.07) is 0. The van der Waals surface area contributed by atoms with Gasteiger partial charge in [-0.1, -0.05) is 19.3 Å². The van der Waals surface area contributed by atoms with Crippen LogP contribution in [0.25, 0.3) is 0 Å². The average Bonchev–Trinajstić information content (AvgIpc) is 2.27. The number of ketones is 1. The largest absolute Gasteiger partial charge is 0.467 e. The molecule has 0 N–H and O–H groups in total. The number of hydrogen-bond acceptors (Lipinski definition) is 3. The van der Waals surface area contributed by atoms with Gasteiger partial charge in [0, 0.05) is 5.92 Å². The van der Waals surface area contributed by atoms with Gasteiger partial charge in [-0.25, -0.2) is 9.18 Å². The summed E-state index contributed by atoms with van der Waals surface area (Å²) < 4.78 is 17.3. The third-order valence-electron chi connectivity index (χ3n) is 2.67. The second-order valence-electron chi connectivity index (χ2n) is 3.62. The van der Waals surface area contributed by atoms with Crippen LogP contribution in [0.4, 0.5) is 4.39 Å². The molecule has 1 saturated carbocycles. The van der Waals surface area contributed by atoms with Crippen LogP contribution in [0.3, 0.4) is 0 Å². The number of alkyl halides is 1. The molecule has 1 rings (SSSR count). The third-order valence-corrected chi connectivity index (χ3v) is 2.67. The Labute approximate surface area is 82.6 Å². The Morgan fingerprint density at radius 3 is 2.36 bits per heavy atom. The number of hydrogen-bond donors (Lipinski definition) is 0. The van der Waals surface area contributed by atoms with E-state index in [1.807, 2.05) is 0 Å². The van der Waals surface area contributed by atoms with Crippen molar-refractivity contribution in [2.45, 2.75) is 38.3 Å². The van der Waals surface area contributed by atoms with Crippen LogP contribution in [0, 0.1) is 5.92 Å². The summed E-state index contributed by atoms with van der Waals surface area (Å²) in [5.74, 6) is -1.95. The molecule has 14 heavy (non-hydrogen) atoms. The number of Topliss-reactive ketones (excluding diaryl/α,β-unsaturated/α-hetero) is 1. The van der Waals surface area contributed by atoms with Gasteiger partial charge in [0.1, 0.15) is 0 Å². The van der Waals surface area contributed by atoms with E-state index < -0.39 is 17.9 Å². The fourth-order valence-corrected chi connectivity index (χ4v) is 1.81. The molecule has 0 saturated heterocycles. The fourth-order valence-electron chi connectivity index (χ4n) is 1.81. The smallest absolute Gasteiger partial charge is 0.348 e. The molecule has 0 radical (unpaired) electrons. The highest BCUT2D eigenvalue weighted by molar-refractivity contribution is 6.02. The van der Waals surface area contributed by atoms with Gasteiger partial charge >= 0.3 is 5.97 Å². The molecule has 0 bridgehead atoms. The van der Waals surface area contributed by atoms with Crippen LogP contribution in [0.1, 0.15) is 32.1 Å². The van der Waals surface area contributed by atoms with Crippen LogP contribution < -0.4 is 0 Å². The van der Waals surface area contributed by atoms with Crippen LogP contribution >= 0.6 is 0 Å². The van der Waals surface area contributed by atoms with Crippen molar-refractivity contribution in [3.8, 4) is 0 Å². The van der Waals surface area contributed by atoms with Crippen molar-refractivity contribution in [3.05, 3.63) is 0 Å². The Morgan fingerprint density at radius 2 is 1.86 bits per heavy atom. The normalized spacial score (nSPS) is 20.1. The van der Waals surface area contributed by atoms with Gasteiger partial charge in [-0.15, -0.1) is 0 Å². The van der Waals surface area contributed by atoms with E-state index in [-0.39, 0.29) is 5.92 Å². The quantitative estimate of drug-likeness (QED) is 0.516. The molecule has 4 heteroatoms. The number of ether oxygens (including phenoxy) is 1. The summed E-state index contributed by atoms with van der Waals surface area (Å²) in [4.78, 5) is 22.2. The Balaban J connectivity index is 2.50. The molecule has 1 aliphatic rings. The van der Waals surface area contributed by atoms with Crippen LogP contribution in [0.5, 0.6) is 0 Å². The Morgan fingerprint density at radius 1 is 1.29 bits per heavy atom. The first kappa shape index (κ1) is 11.1. The summed E-state index contributed by atoms with van der Waals surface area (Å²) in [6.45, 7) is 0. The minimum absolute atomic E-state index is 0.280. The first-order chi connectivity index (χ1) is 6.66. The first-order valence-corrected chi connectivity index (χ1v) is 4.92. The molecule has 1 aliphatic carbocycles. The van der Waals surface area contributed by atoms with Gasteiger partial charge in [0.05, 0.1) is 7.11 Å². The number of rotatable bonds is 3. The lowest BCUT2D eigenvalue weighted by Crippen LogP contribution is -2.33. The van der Waals surface area contributed by atoms with E-state index in [1.165, 1.54) is 0 Å². The van der Waals surface area contributed by atoms with Crippen LogP contribution in [-0.2, 0) is 14.3 Å². The second kappa shape index (κ2) is 5.08. The lowest BCUT2D eigenvalue weighted by Gasteiger charge is -2.20. The maximum atomic E-state index is 13.2. The predicted molar refractivity (Wildman–Crippen MR) is 48.5 cm³/mol. The molecule has 0 aromatic rings. The molecule has 0 amide bonds. The molecule has 0 aromatic carbocycles. The lowest BCUT2D eigenvalue weighted by atomic mass is 9.85. The zero-order valence-electron chi connectivity index (χ0n) is 8.29. The van der Waals surface area contributed by atoms with E-state index in [4.69, 9.17) is 0 Å². The first-order valence-electron chi connectivity index (χ1n) is 4.92. The van der Waals surface area contributed by atoms with E-state index in [1.54, 1.807) is 0 Å². The van der Waals surface area contributed by atoms with Gasteiger partial charge in [-0.05, 0) is 12.8 Å². The predicted octanol–water partition coefficient (Wildman–Crippen LogP) is 1.65. The fraction of sp³-hybridized carbons (Fsp3) is 0.800. The van der Waals surface area contributed by atoms with Crippen molar-refractivity contribution in [1.82, 2.24) is 0 Å². The number of esters is 1. The summed E-state index contributed by atoms with van der Waals surface area (Å²) >= 11 is 0. The van der Waals surface area contributed by atoms with Crippen LogP contribution in [0.15, 0.2) is 0 Å². The molecular weight excluding hydrogens is 187 g/mol. The van der Waals surface area contributed by atoms with Crippen molar-refractivity contribution in [1.29, 1.82) is 0 Å². The molecule has 0 aliphatic heterocycles. The zero-order chi connectivity index (χ0) is 10.6. The van der Waals surface area contributed by atoms with Gasteiger partial charge < -0.3 is 4.74 Å². The van der Waals surface area contributed by atoms with Gasteiger partial charge in [-0.3, -0.25) is 4.79 Å². The maximum absolute atomic E-state index is 13.2. The number of carbonyl (C=O) groups is 2. The van der Waals surface area contributed by atoms with Crippen molar-refractivity contribution in [2.24, 2.45) is 5.92 Å². The van der Waals surface area contributed by atoms with Gasteiger partial charge in [0.15, 0.2) is 5.78 Å². The summed E-state index contributed by atoms with van der Waals surface area (Å²) in [5, 5.41) is 0. The van der Waals surface area contributed by atoms with Crippen molar-refractivity contribution >= 4 is 11.8 Å². The third kappa shape index (κ3) is 2.53. The molecule has 0 aromatic heterocycles. The number of methoxy groups -OCH3 is 1. The van der Waals surface area contributed by atoms with E-state index in [0.717, 1.165) is 26.4 Å². The zero-order valence-corrected chi connectivity index (χ0v) is 8.29. The van der Waals surface area contributed by atoms with Crippen molar-refractivity contribution < 1.29 is 18.7 Å². The highest BCUT2D eigenvalue weighted by Crippen LogP contribution is 2.26. The van der Waals surface area contributed by atoms with Crippen LogP contribution in [0.2, 0.25) is 0 Å². The highest BCUT2D eigenvalue weighted by Gasteiger charge is 2.33. The second-order valence-corrected chi connectivity index (χ2v) is 3.62. The minimum Gasteiger partial charge on any atom is -0.467 e. The maximum Gasteiger partial charge on any atom is 0.348 e. The van der Waals surface area contributed by atoms with E-state index >= 15 is 0 Å². The molecule has 1 atom stereocenters. The average molecular weight is 202 g/mol. The van der Waals surface area contributed by atoms with E-state index in [2.05, 4.69) is 4.74 Å². The van der Waals surface area contributed by atoms with Crippen molar-refractivity contribution in [3.63, 3.8) is 0 Å². The minimum atomic E-state index is -2.08. The van der Waals surface area contributed by atoms with E-state index in [9.17, 15) is 14.0 Å². The highest BCUT2D eigenvalue weighted by atomic mass is 19.1. The lowest BCUT2D eigenvalue weighted by molar-refractivity contribution is -0.152. The van der Waals surface area contributed by atoms with Crippen LogP contribution in [-0.4, -0.2) is 25.0 Å². The number of halogens is 1.